The lowest BCUT2D eigenvalue weighted by molar-refractivity contribution is -0.133. The zero-order valence-electron chi connectivity index (χ0n) is 14.4. The third-order valence-electron chi connectivity index (χ3n) is 3.99. The first-order valence-corrected chi connectivity index (χ1v) is 8.68. The number of carboxylic acids is 1. The summed E-state index contributed by atoms with van der Waals surface area (Å²) in [5.74, 6) is -0.946. The molecule has 1 aromatic carbocycles. The first-order chi connectivity index (χ1) is 12.3. The Bertz CT molecular complexity index is 1150. The Hall–Kier alpha value is -2.94. The lowest BCUT2D eigenvalue weighted by atomic mass is 10.1. The molecule has 0 fully saturated rings. The summed E-state index contributed by atoms with van der Waals surface area (Å²) in [7, 11) is 2.88. The van der Waals surface area contributed by atoms with Crippen LogP contribution in [-0.4, -0.2) is 35.9 Å². The van der Waals surface area contributed by atoms with Crippen molar-refractivity contribution in [2.75, 3.05) is 5.75 Å². The highest BCUT2D eigenvalue weighted by Crippen LogP contribution is 2.27. The number of aryl methyl sites for hydroxylation is 2. The summed E-state index contributed by atoms with van der Waals surface area (Å²) in [4.78, 5) is 44.7. The molecule has 0 aliphatic rings. The quantitative estimate of drug-likeness (QED) is 0.541. The number of thioether (sulfide) groups is 1. The normalized spacial score (nSPS) is 11.0. The number of fused-ring (bicyclic) bond motifs is 1. The summed E-state index contributed by atoms with van der Waals surface area (Å²) in [5, 5.41) is 9.38. The van der Waals surface area contributed by atoms with Gasteiger partial charge in [0.15, 0.2) is 11.5 Å². The van der Waals surface area contributed by atoms with Gasteiger partial charge in [-0.3, -0.25) is 18.7 Å². The highest BCUT2D eigenvalue weighted by molar-refractivity contribution is 8.00. The fourth-order valence-corrected chi connectivity index (χ4v) is 3.34. The maximum Gasteiger partial charge on any atom is 0.332 e. The minimum atomic E-state index is -1.03. The van der Waals surface area contributed by atoms with Gasteiger partial charge in [-0.15, -0.1) is 0 Å². The Morgan fingerprint density at radius 1 is 1.15 bits per heavy atom. The fraction of sp³-hybridized carbons (Fsp3) is 0.235. The van der Waals surface area contributed by atoms with Gasteiger partial charge < -0.3 is 5.11 Å². The van der Waals surface area contributed by atoms with E-state index >= 15 is 0 Å². The van der Waals surface area contributed by atoms with Crippen LogP contribution in [0.2, 0.25) is 0 Å². The van der Waals surface area contributed by atoms with E-state index in [4.69, 9.17) is 5.11 Å². The van der Waals surface area contributed by atoms with Crippen molar-refractivity contribution in [3.05, 3.63) is 50.7 Å². The predicted molar refractivity (Wildman–Crippen MR) is 98.6 cm³/mol. The predicted octanol–water partition coefficient (Wildman–Crippen LogP) is 1.18. The van der Waals surface area contributed by atoms with Crippen molar-refractivity contribution in [2.24, 2.45) is 14.1 Å². The number of carbonyl (C=O) groups is 1. The smallest absolute Gasteiger partial charge is 0.332 e. The Balaban J connectivity index is 2.40. The number of aromatic nitrogens is 4. The van der Waals surface area contributed by atoms with Gasteiger partial charge in [-0.05, 0) is 12.5 Å². The van der Waals surface area contributed by atoms with Crippen LogP contribution in [0.15, 0.2) is 38.9 Å². The zero-order chi connectivity index (χ0) is 19.0. The summed E-state index contributed by atoms with van der Waals surface area (Å²) in [6, 6.07) is 7.45. The van der Waals surface area contributed by atoms with E-state index in [1.807, 2.05) is 31.2 Å². The molecule has 0 saturated heterocycles. The van der Waals surface area contributed by atoms with Crippen LogP contribution in [0.25, 0.3) is 22.4 Å². The van der Waals surface area contributed by atoms with Crippen LogP contribution in [0.4, 0.5) is 0 Å². The first kappa shape index (κ1) is 17.9. The molecule has 0 saturated carbocycles. The third-order valence-corrected chi connectivity index (χ3v) is 4.95. The fourth-order valence-electron chi connectivity index (χ4n) is 2.61. The maximum absolute atomic E-state index is 12.6. The molecule has 0 aliphatic heterocycles. The summed E-state index contributed by atoms with van der Waals surface area (Å²) in [6.45, 7) is 1.90. The monoisotopic (exact) mass is 372 g/mol. The van der Waals surface area contributed by atoms with E-state index in [0.29, 0.717) is 5.82 Å². The Kier molecular flexibility index (Phi) is 4.64. The topological polar surface area (TPSA) is 107 Å². The van der Waals surface area contributed by atoms with Crippen molar-refractivity contribution in [1.29, 1.82) is 0 Å². The van der Waals surface area contributed by atoms with Gasteiger partial charge in [-0.1, -0.05) is 36.0 Å². The molecule has 1 N–H and O–H groups in total. The Morgan fingerprint density at radius 3 is 2.50 bits per heavy atom. The second kappa shape index (κ2) is 6.75. The third kappa shape index (κ3) is 3.01. The molecular weight excluding hydrogens is 356 g/mol. The van der Waals surface area contributed by atoms with Crippen LogP contribution in [0, 0.1) is 6.92 Å². The van der Waals surface area contributed by atoms with E-state index in [9.17, 15) is 14.4 Å². The second-order valence-corrected chi connectivity index (χ2v) is 6.72. The molecule has 0 bridgehead atoms. The van der Waals surface area contributed by atoms with Gasteiger partial charge in [0, 0.05) is 19.7 Å². The average Bonchev–Trinajstić information content (AvgIpc) is 2.62. The number of hydrogen-bond acceptors (Lipinski definition) is 6. The van der Waals surface area contributed by atoms with Gasteiger partial charge in [0.2, 0.25) is 0 Å². The van der Waals surface area contributed by atoms with E-state index in [2.05, 4.69) is 9.97 Å². The number of hydrogen-bond donors (Lipinski definition) is 1. The summed E-state index contributed by atoms with van der Waals surface area (Å²) >= 11 is 0.931. The second-order valence-electron chi connectivity index (χ2n) is 5.75. The van der Waals surface area contributed by atoms with Crippen molar-refractivity contribution in [1.82, 2.24) is 19.1 Å². The van der Waals surface area contributed by atoms with E-state index < -0.39 is 17.2 Å². The highest BCUT2D eigenvalue weighted by atomic mass is 32.2. The molecule has 8 nitrogen and oxygen atoms in total. The van der Waals surface area contributed by atoms with Gasteiger partial charge in [-0.2, -0.15) is 0 Å². The molecule has 0 amide bonds. The zero-order valence-corrected chi connectivity index (χ0v) is 15.2. The molecule has 26 heavy (non-hydrogen) atoms. The average molecular weight is 372 g/mol. The maximum atomic E-state index is 12.6. The number of benzene rings is 1. The van der Waals surface area contributed by atoms with Gasteiger partial charge in [-0.25, -0.2) is 14.8 Å². The summed E-state index contributed by atoms with van der Waals surface area (Å²) in [6.07, 6.45) is 0. The summed E-state index contributed by atoms with van der Waals surface area (Å²) in [5.41, 5.74) is 0.798. The largest absolute Gasteiger partial charge is 0.481 e. The number of carboxylic acid groups (broad SMARTS) is 1. The molecule has 0 unspecified atom stereocenters. The van der Waals surface area contributed by atoms with Gasteiger partial charge >= 0.3 is 11.7 Å². The lowest BCUT2D eigenvalue weighted by Crippen LogP contribution is -2.37. The van der Waals surface area contributed by atoms with Crippen LogP contribution >= 0.6 is 11.8 Å². The molecule has 9 heteroatoms. The van der Waals surface area contributed by atoms with Crippen molar-refractivity contribution < 1.29 is 9.90 Å². The van der Waals surface area contributed by atoms with E-state index in [0.717, 1.165) is 27.5 Å². The van der Waals surface area contributed by atoms with Gasteiger partial charge in [0.25, 0.3) is 5.56 Å². The minimum absolute atomic E-state index is 0.137. The molecule has 0 aliphatic carbocycles. The molecule has 2 aromatic heterocycles. The van der Waals surface area contributed by atoms with Crippen LogP contribution in [0.1, 0.15) is 5.56 Å². The molecule has 0 radical (unpaired) electrons. The van der Waals surface area contributed by atoms with E-state index in [1.54, 1.807) is 0 Å². The van der Waals surface area contributed by atoms with Crippen LogP contribution in [-0.2, 0) is 18.9 Å². The van der Waals surface area contributed by atoms with Crippen molar-refractivity contribution in [3.8, 4) is 11.4 Å². The molecule has 2 heterocycles. The van der Waals surface area contributed by atoms with Crippen LogP contribution in [0.5, 0.6) is 0 Å². The van der Waals surface area contributed by atoms with E-state index in [-0.39, 0.29) is 21.8 Å². The molecule has 3 aromatic rings. The molecule has 0 spiro atoms. The molecular formula is C17H16N4O4S. The Morgan fingerprint density at radius 2 is 1.85 bits per heavy atom. The minimum Gasteiger partial charge on any atom is -0.481 e. The molecule has 3 rings (SSSR count). The van der Waals surface area contributed by atoms with Gasteiger partial charge in [0.05, 0.1) is 5.75 Å². The van der Waals surface area contributed by atoms with E-state index in [1.165, 1.54) is 18.7 Å². The first-order valence-electron chi connectivity index (χ1n) is 7.69. The standard InChI is InChI=1S/C17H16N4O4S/c1-9-6-4-5-7-10(9)13-18-14-12(15(19-13)26-8-11(22)23)16(24)21(3)17(25)20(14)2/h4-7H,8H2,1-3H3,(H,22,23). The van der Waals surface area contributed by atoms with Crippen LogP contribution in [0.3, 0.4) is 0 Å². The Labute approximate surface area is 152 Å². The van der Waals surface area contributed by atoms with Crippen LogP contribution < -0.4 is 11.2 Å². The molecule has 0 atom stereocenters. The lowest BCUT2D eigenvalue weighted by Gasteiger charge is -2.12. The van der Waals surface area contributed by atoms with Crippen molar-refractivity contribution >= 4 is 28.8 Å². The van der Waals surface area contributed by atoms with Gasteiger partial charge in [0.1, 0.15) is 10.4 Å². The number of aliphatic carboxylic acids is 1. The number of nitrogens with zero attached hydrogens (tertiary/aromatic N) is 4. The van der Waals surface area contributed by atoms with Crippen molar-refractivity contribution in [2.45, 2.75) is 11.9 Å². The van der Waals surface area contributed by atoms with Crippen molar-refractivity contribution in [3.63, 3.8) is 0 Å². The SMILES string of the molecule is Cc1ccccc1-c1nc(SCC(=O)O)c2c(=O)n(C)c(=O)n(C)c2n1. The summed E-state index contributed by atoms with van der Waals surface area (Å²) < 4.78 is 2.23. The highest BCUT2D eigenvalue weighted by Gasteiger charge is 2.19. The molecule has 134 valence electrons. The number of rotatable bonds is 4.